The zero-order chi connectivity index (χ0) is 20.6. The maximum atomic E-state index is 12.6. The van der Waals surface area contributed by atoms with E-state index in [-0.39, 0.29) is 17.6 Å². The lowest BCUT2D eigenvalue weighted by Crippen LogP contribution is -2.38. The Morgan fingerprint density at radius 1 is 1.07 bits per heavy atom. The monoisotopic (exact) mass is 408 g/mol. The van der Waals surface area contributed by atoms with Gasteiger partial charge in [0.05, 0.1) is 6.04 Å². The van der Waals surface area contributed by atoms with Crippen LogP contribution >= 0.6 is 11.3 Å². The highest BCUT2D eigenvalue weighted by atomic mass is 32.1. The average molecular weight is 409 g/mol. The van der Waals surface area contributed by atoms with Crippen LogP contribution in [0.5, 0.6) is 0 Å². The first-order chi connectivity index (χ1) is 14.1. The fraction of sp³-hybridized carbons (Fsp3) is 0.261. The first-order valence-corrected chi connectivity index (χ1v) is 10.5. The van der Waals surface area contributed by atoms with Crippen molar-refractivity contribution in [3.63, 3.8) is 0 Å². The molecule has 0 aliphatic heterocycles. The van der Waals surface area contributed by atoms with Gasteiger partial charge in [0.25, 0.3) is 5.91 Å². The van der Waals surface area contributed by atoms with E-state index < -0.39 is 12.1 Å². The maximum Gasteiger partial charge on any atom is 0.358 e. The van der Waals surface area contributed by atoms with Gasteiger partial charge in [0.2, 0.25) is 0 Å². The van der Waals surface area contributed by atoms with E-state index in [9.17, 15) is 9.59 Å². The van der Waals surface area contributed by atoms with Crippen molar-refractivity contribution < 1.29 is 14.3 Å². The number of nitrogens with zero attached hydrogens (tertiary/aromatic N) is 1. The number of benzene rings is 2. The number of ether oxygens (including phenoxy) is 1. The predicted octanol–water partition coefficient (Wildman–Crippen LogP) is 5.01. The Balaban J connectivity index is 1.61. The van der Waals surface area contributed by atoms with E-state index in [1.807, 2.05) is 60.7 Å². The molecule has 1 heterocycles. The SMILES string of the molecule is CCCC(NC(=O)C(C)OC(=O)c1csc(-c2ccccc2)n1)c1ccccc1. The standard InChI is InChI=1S/C23H24N2O3S/c1-3-10-19(17-11-6-4-7-12-17)24-21(26)16(2)28-23(27)20-15-29-22(25-20)18-13-8-5-9-14-18/h4-9,11-16,19H,3,10H2,1-2H3,(H,24,26). The first kappa shape index (κ1) is 20.7. The van der Waals surface area contributed by atoms with E-state index in [0.29, 0.717) is 0 Å². The Hall–Kier alpha value is -2.99. The van der Waals surface area contributed by atoms with E-state index in [1.54, 1.807) is 12.3 Å². The summed E-state index contributed by atoms with van der Waals surface area (Å²) in [6.45, 7) is 3.64. The van der Waals surface area contributed by atoms with Crippen molar-refractivity contribution in [2.75, 3.05) is 0 Å². The molecule has 0 aliphatic carbocycles. The normalized spacial score (nSPS) is 12.8. The summed E-state index contributed by atoms with van der Waals surface area (Å²) in [5.41, 5.74) is 2.18. The molecular weight excluding hydrogens is 384 g/mol. The van der Waals surface area contributed by atoms with Gasteiger partial charge >= 0.3 is 5.97 Å². The third kappa shape index (κ3) is 5.51. The molecule has 0 saturated heterocycles. The minimum atomic E-state index is -0.910. The molecule has 0 spiro atoms. The Bertz CT molecular complexity index is 941. The molecule has 1 aromatic heterocycles. The van der Waals surface area contributed by atoms with Gasteiger partial charge in [-0.25, -0.2) is 9.78 Å². The largest absolute Gasteiger partial charge is 0.448 e. The second-order valence-electron chi connectivity index (χ2n) is 6.71. The van der Waals surface area contributed by atoms with Crippen molar-refractivity contribution in [1.82, 2.24) is 10.3 Å². The average Bonchev–Trinajstić information content (AvgIpc) is 3.25. The van der Waals surface area contributed by atoms with Gasteiger partial charge in [-0.1, -0.05) is 74.0 Å². The van der Waals surface area contributed by atoms with Crippen LogP contribution in [0.4, 0.5) is 0 Å². The molecule has 6 heteroatoms. The second-order valence-corrected chi connectivity index (χ2v) is 7.57. The van der Waals surface area contributed by atoms with Crippen LogP contribution in [0.2, 0.25) is 0 Å². The van der Waals surface area contributed by atoms with E-state index >= 15 is 0 Å². The Morgan fingerprint density at radius 2 is 1.72 bits per heavy atom. The number of thiazole rings is 1. The van der Waals surface area contributed by atoms with E-state index in [4.69, 9.17) is 4.74 Å². The minimum absolute atomic E-state index is 0.112. The number of amides is 1. The summed E-state index contributed by atoms with van der Waals surface area (Å²) in [5.74, 6) is -0.919. The third-order valence-electron chi connectivity index (χ3n) is 4.48. The van der Waals surface area contributed by atoms with Crippen LogP contribution in [0.15, 0.2) is 66.0 Å². The van der Waals surface area contributed by atoms with Crippen LogP contribution in [0.3, 0.4) is 0 Å². The fourth-order valence-electron chi connectivity index (χ4n) is 2.94. The van der Waals surface area contributed by atoms with Gasteiger partial charge in [-0.2, -0.15) is 0 Å². The summed E-state index contributed by atoms with van der Waals surface area (Å²) in [4.78, 5) is 29.4. The molecule has 0 aliphatic rings. The van der Waals surface area contributed by atoms with E-state index in [0.717, 1.165) is 29.0 Å². The number of rotatable bonds is 8. The first-order valence-electron chi connectivity index (χ1n) is 9.65. The minimum Gasteiger partial charge on any atom is -0.448 e. The lowest BCUT2D eigenvalue weighted by molar-refractivity contribution is -0.129. The summed E-state index contributed by atoms with van der Waals surface area (Å²) >= 11 is 1.37. The molecule has 1 amide bonds. The molecule has 2 aromatic carbocycles. The van der Waals surface area contributed by atoms with Gasteiger partial charge < -0.3 is 10.1 Å². The lowest BCUT2D eigenvalue weighted by Gasteiger charge is -2.21. The molecule has 5 nitrogen and oxygen atoms in total. The van der Waals surface area contributed by atoms with Crippen LogP contribution in [-0.2, 0) is 9.53 Å². The van der Waals surface area contributed by atoms with Crippen molar-refractivity contribution in [3.8, 4) is 10.6 Å². The highest BCUT2D eigenvalue weighted by Crippen LogP contribution is 2.24. The molecule has 3 rings (SSSR count). The maximum absolute atomic E-state index is 12.6. The van der Waals surface area contributed by atoms with Crippen molar-refractivity contribution in [1.29, 1.82) is 0 Å². The summed E-state index contributed by atoms with van der Waals surface area (Å²) in [5, 5.41) is 5.38. The summed E-state index contributed by atoms with van der Waals surface area (Å²) < 4.78 is 5.36. The number of carbonyl (C=O) groups excluding carboxylic acids is 2. The van der Waals surface area contributed by atoms with Gasteiger partial charge in [0.1, 0.15) is 5.01 Å². The highest BCUT2D eigenvalue weighted by Gasteiger charge is 2.23. The Morgan fingerprint density at radius 3 is 2.38 bits per heavy atom. The van der Waals surface area contributed by atoms with Gasteiger partial charge in [0.15, 0.2) is 11.8 Å². The third-order valence-corrected chi connectivity index (χ3v) is 5.37. The predicted molar refractivity (Wildman–Crippen MR) is 115 cm³/mol. The topological polar surface area (TPSA) is 68.3 Å². The molecule has 0 saturated carbocycles. The number of nitrogens with one attached hydrogen (secondary N) is 1. The number of hydrogen-bond acceptors (Lipinski definition) is 5. The molecule has 0 fully saturated rings. The summed E-state index contributed by atoms with van der Waals surface area (Å²) in [7, 11) is 0. The molecule has 2 atom stereocenters. The molecule has 29 heavy (non-hydrogen) atoms. The molecule has 150 valence electrons. The van der Waals surface area contributed by atoms with Crippen molar-refractivity contribution in [2.45, 2.75) is 38.8 Å². The summed E-state index contributed by atoms with van der Waals surface area (Å²) in [6, 6.07) is 19.3. The second kappa shape index (κ2) is 9.98. The number of aromatic nitrogens is 1. The fourth-order valence-corrected chi connectivity index (χ4v) is 3.74. The smallest absolute Gasteiger partial charge is 0.358 e. The van der Waals surface area contributed by atoms with Crippen LogP contribution in [0.1, 0.15) is 48.8 Å². The van der Waals surface area contributed by atoms with Crippen LogP contribution < -0.4 is 5.32 Å². The summed E-state index contributed by atoms with van der Waals surface area (Å²) in [6.07, 6.45) is 0.824. The van der Waals surface area contributed by atoms with Crippen LogP contribution in [0.25, 0.3) is 10.6 Å². The van der Waals surface area contributed by atoms with E-state index in [2.05, 4.69) is 17.2 Å². The Kier molecular flexibility index (Phi) is 7.14. The Labute approximate surface area is 174 Å². The van der Waals surface area contributed by atoms with E-state index in [1.165, 1.54) is 11.3 Å². The zero-order valence-electron chi connectivity index (χ0n) is 16.5. The number of hydrogen-bond donors (Lipinski definition) is 1. The van der Waals surface area contributed by atoms with Crippen molar-refractivity contribution in [3.05, 3.63) is 77.3 Å². The molecule has 0 bridgehead atoms. The quantitative estimate of drug-likeness (QED) is 0.532. The van der Waals surface area contributed by atoms with Gasteiger partial charge in [-0.05, 0) is 18.9 Å². The number of carbonyl (C=O) groups is 2. The highest BCUT2D eigenvalue weighted by molar-refractivity contribution is 7.13. The lowest BCUT2D eigenvalue weighted by atomic mass is 10.0. The molecule has 0 radical (unpaired) electrons. The molecule has 2 unspecified atom stereocenters. The van der Waals surface area contributed by atoms with Crippen molar-refractivity contribution >= 4 is 23.2 Å². The van der Waals surface area contributed by atoms with Crippen molar-refractivity contribution in [2.24, 2.45) is 0 Å². The molecule has 1 N–H and O–H groups in total. The zero-order valence-corrected chi connectivity index (χ0v) is 17.3. The van der Waals surface area contributed by atoms with Gasteiger partial charge in [-0.3, -0.25) is 4.79 Å². The van der Waals surface area contributed by atoms with Crippen LogP contribution in [0, 0.1) is 0 Å². The van der Waals surface area contributed by atoms with Crippen LogP contribution in [-0.4, -0.2) is 23.0 Å². The molecule has 3 aromatic rings. The molecular formula is C23H24N2O3S. The number of esters is 1. The van der Waals surface area contributed by atoms with Gasteiger partial charge in [0, 0.05) is 10.9 Å². The van der Waals surface area contributed by atoms with Gasteiger partial charge in [-0.15, -0.1) is 11.3 Å².